The van der Waals surface area contributed by atoms with Crippen LogP contribution in [0.5, 0.6) is 0 Å². The Morgan fingerprint density at radius 3 is 2.31 bits per heavy atom. The first-order valence-corrected chi connectivity index (χ1v) is 4.98. The van der Waals surface area contributed by atoms with E-state index in [0.717, 1.165) is 5.56 Å². The third kappa shape index (κ3) is 2.79. The molecule has 0 radical (unpaired) electrons. The topological polar surface area (TPSA) is 12.0 Å². The Kier molecular flexibility index (Phi) is 3.15. The van der Waals surface area contributed by atoms with Crippen molar-refractivity contribution in [3.8, 4) is 0 Å². The second-order valence-electron chi connectivity index (χ2n) is 3.49. The molecule has 1 nitrogen and oxygen atoms in total. The fourth-order valence-corrected chi connectivity index (χ4v) is 1.40. The molecule has 0 amide bonds. The highest BCUT2D eigenvalue weighted by molar-refractivity contribution is 5.43. The van der Waals surface area contributed by atoms with Crippen LogP contribution in [0.4, 0.5) is 14.5 Å². The normalized spacial score (nSPS) is 10.1. The molecule has 0 aromatic heterocycles. The van der Waals surface area contributed by atoms with Gasteiger partial charge in [0, 0.05) is 12.2 Å². The van der Waals surface area contributed by atoms with Crippen LogP contribution >= 0.6 is 0 Å². The number of hydrogen-bond acceptors (Lipinski definition) is 1. The molecule has 0 aliphatic rings. The summed E-state index contributed by atoms with van der Waals surface area (Å²) in [6, 6.07) is 12.4. The fourth-order valence-electron chi connectivity index (χ4n) is 1.40. The van der Waals surface area contributed by atoms with Gasteiger partial charge >= 0.3 is 0 Å². The van der Waals surface area contributed by atoms with Crippen molar-refractivity contribution in [1.82, 2.24) is 0 Å². The number of rotatable bonds is 3. The molecule has 16 heavy (non-hydrogen) atoms. The summed E-state index contributed by atoms with van der Waals surface area (Å²) in [4.78, 5) is 0. The van der Waals surface area contributed by atoms with E-state index in [2.05, 4.69) is 5.32 Å². The molecule has 0 heterocycles. The second-order valence-corrected chi connectivity index (χ2v) is 3.49. The number of nitrogens with one attached hydrogen (secondary N) is 1. The Bertz CT molecular complexity index is 466. The van der Waals surface area contributed by atoms with Crippen molar-refractivity contribution in [3.05, 3.63) is 65.7 Å². The smallest absolute Gasteiger partial charge is 0.125 e. The summed E-state index contributed by atoms with van der Waals surface area (Å²) in [6.07, 6.45) is 0. The molecule has 3 heteroatoms. The van der Waals surface area contributed by atoms with Gasteiger partial charge < -0.3 is 5.32 Å². The van der Waals surface area contributed by atoms with Crippen LogP contribution in [-0.2, 0) is 6.54 Å². The van der Waals surface area contributed by atoms with Crippen molar-refractivity contribution >= 4 is 5.69 Å². The molecule has 0 saturated heterocycles. The van der Waals surface area contributed by atoms with Crippen molar-refractivity contribution in [2.45, 2.75) is 6.54 Å². The first kappa shape index (κ1) is 10.6. The number of anilines is 1. The highest BCUT2D eigenvalue weighted by atomic mass is 19.1. The highest BCUT2D eigenvalue weighted by Crippen LogP contribution is 2.11. The van der Waals surface area contributed by atoms with Crippen LogP contribution in [0.1, 0.15) is 5.56 Å². The van der Waals surface area contributed by atoms with Crippen LogP contribution in [0.25, 0.3) is 0 Å². The van der Waals surface area contributed by atoms with Crippen LogP contribution in [0, 0.1) is 11.6 Å². The predicted molar refractivity (Wildman–Crippen MR) is 60.1 cm³/mol. The molecule has 0 fully saturated rings. The van der Waals surface area contributed by atoms with Gasteiger partial charge in [0.15, 0.2) is 0 Å². The first-order valence-electron chi connectivity index (χ1n) is 4.98. The summed E-state index contributed by atoms with van der Waals surface area (Å²) in [5.41, 5.74) is 1.66. The van der Waals surface area contributed by atoms with Crippen LogP contribution in [0.15, 0.2) is 48.5 Å². The fraction of sp³-hybridized carbons (Fsp3) is 0.0769. The molecule has 0 unspecified atom stereocenters. The molecule has 0 saturated carbocycles. The summed E-state index contributed by atoms with van der Waals surface area (Å²) in [5, 5.41) is 3.06. The lowest BCUT2D eigenvalue weighted by molar-refractivity contribution is 0.627. The Labute approximate surface area is 92.7 Å². The minimum Gasteiger partial charge on any atom is -0.381 e. The summed E-state index contributed by atoms with van der Waals surface area (Å²) in [6.45, 7) is 0.545. The third-order valence-electron chi connectivity index (χ3n) is 2.23. The van der Waals surface area contributed by atoms with Gasteiger partial charge in [-0.1, -0.05) is 18.2 Å². The molecule has 0 aliphatic carbocycles. The molecule has 0 atom stereocenters. The van der Waals surface area contributed by atoms with Gasteiger partial charge in [-0.15, -0.1) is 0 Å². The molecule has 82 valence electrons. The molecule has 2 aromatic carbocycles. The molecular formula is C13H11F2N. The Hall–Kier alpha value is -1.90. The van der Waals surface area contributed by atoms with Crippen LogP contribution in [0.3, 0.4) is 0 Å². The van der Waals surface area contributed by atoms with Crippen molar-refractivity contribution in [3.63, 3.8) is 0 Å². The van der Waals surface area contributed by atoms with Gasteiger partial charge in [-0.05, 0) is 35.9 Å². The van der Waals surface area contributed by atoms with E-state index < -0.39 is 0 Å². The minimum atomic E-state index is -0.274. The summed E-state index contributed by atoms with van der Waals surface area (Å²) in [5.74, 6) is -0.529. The summed E-state index contributed by atoms with van der Waals surface area (Å²) >= 11 is 0. The quantitative estimate of drug-likeness (QED) is 0.832. The van der Waals surface area contributed by atoms with Gasteiger partial charge in [0.2, 0.25) is 0 Å². The van der Waals surface area contributed by atoms with E-state index in [4.69, 9.17) is 0 Å². The minimum absolute atomic E-state index is 0.255. The molecule has 2 rings (SSSR count). The number of halogens is 2. The van der Waals surface area contributed by atoms with Crippen LogP contribution < -0.4 is 5.32 Å². The van der Waals surface area contributed by atoms with Crippen LogP contribution in [-0.4, -0.2) is 0 Å². The van der Waals surface area contributed by atoms with Gasteiger partial charge in [0.25, 0.3) is 0 Å². The van der Waals surface area contributed by atoms with Crippen molar-refractivity contribution in [2.24, 2.45) is 0 Å². The van der Waals surface area contributed by atoms with Gasteiger partial charge in [0.1, 0.15) is 11.6 Å². The van der Waals surface area contributed by atoms with Crippen molar-refractivity contribution in [2.75, 3.05) is 5.32 Å². The zero-order chi connectivity index (χ0) is 11.4. The zero-order valence-corrected chi connectivity index (χ0v) is 8.58. The molecule has 0 bridgehead atoms. The van der Waals surface area contributed by atoms with E-state index in [1.54, 1.807) is 24.3 Å². The van der Waals surface area contributed by atoms with Gasteiger partial charge in [0.05, 0.1) is 0 Å². The zero-order valence-electron chi connectivity index (χ0n) is 8.58. The third-order valence-corrected chi connectivity index (χ3v) is 2.23. The summed E-state index contributed by atoms with van der Waals surface area (Å²) in [7, 11) is 0. The average molecular weight is 219 g/mol. The maximum absolute atomic E-state index is 12.9. The Balaban J connectivity index is 1.99. The molecule has 0 aliphatic heterocycles. The standard InChI is InChI=1S/C13H11F2N/c14-11-6-4-10(5-7-11)9-16-13-3-1-2-12(15)8-13/h1-8,16H,9H2. The van der Waals surface area contributed by atoms with E-state index >= 15 is 0 Å². The lowest BCUT2D eigenvalue weighted by atomic mass is 10.2. The number of hydrogen-bond donors (Lipinski definition) is 1. The van der Waals surface area contributed by atoms with Crippen molar-refractivity contribution in [1.29, 1.82) is 0 Å². The second kappa shape index (κ2) is 4.75. The molecule has 0 spiro atoms. The summed E-state index contributed by atoms with van der Waals surface area (Å²) < 4.78 is 25.5. The van der Waals surface area contributed by atoms with E-state index in [1.807, 2.05) is 0 Å². The Morgan fingerprint density at radius 2 is 1.62 bits per heavy atom. The molecule has 1 N–H and O–H groups in total. The average Bonchev–Trinajstić information content (AvgIpc) is 2.28. The van der Waals surface area contributed by atoms with Gasteiger partial charge in [-0.2, -0.15) is 0 Å². The van der Waals surface area contributed by atoms with E-state index in [9.17, 15) is 8.78 Å². The lowest BCUT2D eigenvalue weighted by Gasteiger charge is -2.06. The molecular weight excluding hydrogens is 208 g/mol. The van der Waals surface area contributed by atoms with E-state index in [1.165, 1.54) is 24.3 Å². The number of benzene rings is 2. The first-order chi connectivity index (χ1) is 7.74. The van der Waals surface area contributed by atoms with E-state index in [0.29, 0.717) is 12.2 Å². The van der Waals surface area contributed by atoms with Crippen LogP contribution in [0.2, 0.25) is 0 Å². The van der Waals surface area contributed by atoms with Gasteiger partial charge in [-0.25, -0.2) is 8.78 Å². The van der Waals surface area contributed by atoms with E-state index in [-0.39, 0.29) is 11.6 Å². The predicted octanol–water partition coefficient (Wildman–Crippen LogP) is 3.58. The molecule has 2 aromatic rings. The monoisotopic (exact) mass is 219 g/mol. The van der Waals surface area contributed by atoms with Crippen molar-refractivity contribution < 1.29 is 8.78 Å². The largest absolute Gasteiger partial charge is 0.381 e. The Morgan fingerprint density at radius 1 is 0.875 bits per heavy atom. The maximum Gasteiger partial charge on any atom is 0.125 e. The van der Waals surface area contributed by atoms with Gasteiger partial charge in [-0.3, -0.25) is 0 Å². The lowest BCUT2D eigenvalue weighted by Crippen LogP contribution is -1.99. The maximum atomic E-state index is 12.9. The SMILES string of the molecule is Fc1ccc(CNc2cccc(F)c2)cc1. The highest BCUT2D eigenvalue weighted by Gasteiger charge is 1.96.